The summed E-state index contributed by atoms with van der Waals surface area (Å²) in [4.78, 5) is 17.0. The summed E-state index contributed by atoms with van der Waals surface area (Å²) >= 11 is 0. The van der Waals surface area contributed by atoms with E-state index in [-0.39, 0.29) is 5.91 Å². The fourth-order valence-corrected chi connectivity index (χ4v) is 2.10. The summed E-state index contributed by atoms with van der Waals surface area (Å²) in [6, 6.07) is 7.62. The van der Waals surface area contributed by atoms with E-state index in [1.165, 1.54) is 0 Å². The van der Waals surface area contributed by atoms with Crippen LogP contribution >= 0.6 is 0 Å². The standard InChI is InChI=1S/C17H18N2O/c1-6-17(4,5)19-16(20)14-10-12(3)18-15-11(2)8-7-9-13(14)15/h1,7-10H,2-5H3,(H,19,20). The molecular weight excluding hydrogens is 248 g/mol. The molecule has 102 valence electrons. The Kier molecular flexibility index (Phi) is 3.50. The molecule has 3 nitrogen and oxygen atoms in total. The Labute approximate surface area is 119 Å². The maximum Gasteiger partial charge on any atom is 0.253 e. The number of aromatic nitrogens is 1. The molecule has 0 atom stereocenters. The predicted octanol–water partition coefficient (Wildman–Crippen LogP) is 2.99. The number of nitrogens with zero attached hydrogens (tertiary/aromatic N) is 1. The smallest absolute Gasteiger partial charge is 0.253 e. The first-order chi connectivity index (χ1) is 9.34. The van der Waals surface area contributed by atoms with Gasteiger partial charge in [-0.25, -0.2) is 0 Å². The van der Waals surface area contributed by atoms with E-state index >= 15 is 0 Å². The third-order valence-electron chi connectivity index (χ3n) is 3.20. The molecule has 3 heteroatoms. The van der Waals surface area contributed by atoms with Crippen LogP contribution in [0.15, 0.2) is 24.3 Å². The Hall–Kier alpha value is -2.34. The van der Waals surface area contributed by atoms with Crippen molar-refractivity contribution in [3.8, 4) is 12.3 Å². The number of hydrogen-bond acceptors (Lipinski definition) is 2. The van der Waals surface area contributed by atoms with Gasteiger partial charge in [0, 0.05) is 11.1 Å². The number of amides is 1. The maximum absolute atomic E-state index is 12.5. The number of carbonyl (C=O) groups excluding carboxylic acids is 1. The third-order valence-corrected chi connectivity index (χ3v) is 3.20. The number of aryl methyl sites for hydroxylation is 2. The number of benzene rings is 1. The number of fused-ring (bicyclic) bond motifs is 1. The molecule has 0 bridgehead atoms. The summed E-state index contributed by atoms with van der Waals surface area (Å²) in [5.74, 6) is 2.40. The van der Waals surface area contributed by atoms with Crippen molar-refractivity contribution >= 4 is 16.8 Å². The van der Waals surface area contributed by atoms with Crippen LogP contribution in [0.4, 0.5) is 0 Å². The molecule has 1 amide bonds. The molecule has 2 rings (SSSR count). The second-order valence-electron chi connectivity index (χ2n) is 5.51. The molecule has 1 heterocycles. The highest BCUT2D eigenvalue weighted by molar-refractivity contribution is 6.07. The molecule has 1 N–H and O–H groups in total. The van der Waals surface area contributed by atoms with Crippen LogP contribution in [0.3, 0.4) is 0 Å². The van der Waals surface area contributed by atoms with Crippen LogP contribution in [0.1, 0.15) is 35.5 Å². The molecule has 0 spiro atoms. The fourth-order valence-electron chi connectivity index (χ4n) is 2.10. The van der Waals surface area contributed by atoms with Crippen molar-refractivity contribution in [1.82, 2.24) is 10.3 Å². The highest BCUT2D eigenvalue weighted by Gasteiger charge is 2.20. The van der Waals surface area contributed by atoms with Gasteiger partial charge in [-0.2, -0.15) is 0 Å². The second kappa shape index (κ2) is 4.97. The van der Waals surface area contributed by atoms with E-state index in [0.717, 1.165) is 22.2 Å². The van der Waals surface area contributed by atoms with Crippen molar-refractivity contribution in [3.63, 3.8) is 0 Å². The van der Waals surface area contributed by atoms with E-state index in [4.69, 9.17) is 6.42 Å². The van der Waals surface area contributed by atoms with Gasteiger partial charge in [-0.15, -0.1) is 6.42 Å². The number of hydrogen-bond donors (Lipinski definition) is 1. The monoisotopic (exact) mass is 266 g/mol. The molecule has 20 heavy (non-hydrogen) atoms. The Balaban J connectivity index is 2.58. The summed E-state index contributed by atoms with van der Waals surface area (Å²) in [7, 11) is 0. The third kappa shape index (κ3) is 2.65. The largest absolute Gasteiger partial charge is 0.336 e. The van der Waals surface area contributed by atoms with E-state index < -0.39 is 5.54 Å². The lowest BCUT2D eigenvalue weighted by atomic mass is 10.0. The highest BCUT2D eigenvalue weighted by atomic mass is 16.1. The van der Waals surface area contributed by atoms with Gasteiger partial charge in [-0.05, 0) is 39.3 Å². The molecule has 0 aliphatic heterocycles. The minimum atomic E-state index is -0.676. The molecule has 0 aliphatic carbocycles. The van der Waals surface area contributed by atoms with Crippen LogP contribution < -0.4 is 5.32 Å². The fraction of sp³-hybridized carbons (Fsp3) is 0.294. The Morgan fingerprint density at radius 2 is 2.05 bits per heavy atom. The van der Waals surface area contributed by atoms with Gasteiger partial charge >= 0.3 is 0 Å². The zero-order valence-electron chi connectivity index (χ0n) is 12.2. The van der Waals surface area contributed by atoms with E-state index in [1.807, 2.05) is 32.0 Å². The summed E-state index contributed by atoms with van der Waals surface area (Å²) in [6.45, 7) is 7.47. The topological polar surface area (TPSA) is 42.0 Å². The average Bonchev–Trinajstić information content (AvgIpc) is 2.38. The van der Waals surface area contributed by atoms with Crippen molar-refractivity contribution in [3.05, 3.63) is 41.1 Å². The van der Waals surface area contributed by atoms with Crippen LogP contribution in [0.5, 0.6) is 0 Å². The van der Waals surface area contributed by atoms with Crippen molar-refractivity contribution in [1.29, 1.82) is 0 Å². The minimum absolute atomic E-state index is 0.172. The quantitative estimate of drug-likeness (QED) is 0.849. The van der Waals surface area contributed by atoms with Crippen LogP contribution in [0, 0.1) is 26.2 Å². The van der Waals surface area contributed by atoms with Gasteiger partial charge in [0.2, 0.25) is 0 Å². The first-order valence-electron chi connectivity index (χ1n) is 6.51. The van der Waals surface area contributed by atoms with E-state index in [2.05, 4.69) is 16.2 Å². The van der Waals surface area contributed by atoms with Crippen molar-refractivity contribution in [2.24, 2.45) is 0 Å². The van der Waals surface area contributed by atoms with E-state index in [1.54, 1.807) is 19.9 Å². The van der Waals surface area contributed by atoms with E-state index in [9.17, 15) is 4.79 Å². The summed E-state index contributed by atoms with van der Waals surface area (Å²) in [5.41, 5.74) is 2.66. The zero-order valence-corrected chi connectivity index (χ0v) is 12.2. The van der Waals surface area contributed by atoms with Crippen molar-refractivity contribution in [2.45, 2.75) is 33.2 Å². The Morgan fingerprint density at radius 1 is 1.35 bits per heavy atom. The lowest BCUT2D eigenvalue weighted by Crippen LogP contribution is -2.42. The number of terminal acetylenes is 1. The molecule has 0 radical (unpaired) electrons. The minimum Gasteiger partial charge on any atom is -0.336 e. The highest BCUT2D eigenvalue weighted by Crippen LogP contribution is 2.21. The van der Waals surface area contributed by atoms with Gasteiger partial charge in [0.15, 0.2) is 0 Å². The van der Waals surface area contributed by atoms with Crippen LogP contribution in [-0.2, 0) is 0 Å². The second-order valence-corrected chi connectivity index (χ2v) is 5.51. The molecule has 1 aromatic heterocycles. The number of nitrogens with one attached hydrogen (secondary N) is 1. The molecule has 0 saturated carbocycles. The van der Waals surface area contributed by atoms with Gasteiger partial charge in [-0.3, -0.25) is 9.78 Å². The van der Waals surface area contributed by atoms with E-state index in [0.29, 0.717) is 5.56 Å². The SMILES string of the molecule is C#CC(C)(C)NC(=O)c1cc(C)nc2c(C)cccc12. The predicted molar refractivity (Wildman–Crippen MR) is 81.6 cm³/mol. The van der Waals surface area contributed by atoms with Gasteiger partial charge in [0.05, 0.1) is 16.6 Å². The van der Waals surface area contributed by atoms with Crippen LogP contribution in [0.25, 0.3) is 10.9 Å². The molecule has 2 aromatic rings. The Morgan fingerprint density at radius 3 is 2.70 bits per heavy atom. The lowest BCUT2D eigenvalue weighted by Gasteiger charge is -2.20. The van der Waals surface area contributed by atoms with Gasteiger partial charge < -0.3 is 5.32 Å². The van der Waals surface area contributed by atoms with Crippen molar-refractivity contribution in [2.75, 3.05) is 0 Å². The first-order valence-corrected chi connectivity index (χ1v) is 6.51. The van der Waals surface area contributed by atoms with Gasteiger partial charge in [0.1, 0.15) is 0 Å². The summed E-state index contributed by atoms with van der Waals surface area (Å²) in [5, 5.41) is 3.71. The number of rotatable bonds is 2. The maximum atomic E-state index is 12.5. The van der Waals surface area contributed by atoms with Gasteiger partial charge in [-0.1, -0.05) is 24.1 Å². The molecule has 0 unspecified atom stereocenters. The van der Waals surface area contributed by atoms with Gasteiger partial charge in [0.25, 0.3) is 5.91 Å². The molecular formula is C17H18N2O. The Bertz CT molecular complexity index is 724. The lowest BCUT2D eigenvalue weighted by molar-refractivity contribution is 0.0931. The normalized spacial score (nSPS) is 11.2. The number of pyridine rings is 1. The van der Waals surface area contributed by atoms with Crippen LogP contribution in [-0.4, -0.2) is 16.4 Å². The van der Waals surface area contributed by atoms with Crippen molar-refractivity contribution < 1.29 is 4.79 Å². The average molecular weight is 266 g/mol. The van der Waals surface area contributed by atoms with Crippen LogP contribution in [0.2, 0.25) is 0 Å². The molecule has 0 fully saturated rings. The number of carbonyl (C=O) groups is 1. The number of para-hydroxylation sites is 1. The summed E-state index contributed by atoms with van der Waals surface area (Å²) < 4.78 is 0. The molecule has 0 saturated heterocycles. The first kappa shape index (κ1) is 14.1. The zero-order chi connectivity index (χ0) is 14.9. The summed E-state index contributed by atoms with van der Waals surface area (Å²) in [6.07, 6.45) is 5.42. The molecule has 0 aliphatic rings. The molecule has 1 aromatic carbocycles.